The zero-order valence-corrected chi connectivity index (χ0v) is 6.49. The monoisotopic (exact) mass is 148 g/mol. The van der Waals surface area contributed by atoms with E-state index in [2.05, 4.69) is 0 Å². The molecule has 0 aliphatic carbocycles. The molecule has 10 heavy (non-hydrogen) atoms. The summed E-state index contributed by atoms with van der Waals surface area (Å²) in [6.45, 7) is 3.46. The lowest BCUT2D eigenvalue weighted by Crippen LogP contribution is -2.31. The topological polar surface area (TPSA) is 60.7 Å². The highest BCUT2D eigenvalue weighted by molar-refractivity contribution is 4.69. The maximum absolute atomic E-state index is 9.08. The third kappa shape index (κ3) is 2.64. The summed E-state index contributed by atoms with van der Waals surface area (Å²) in [5.74, 6) is -0.00264. The zero-order chi connectivity index (χ0) is 8.15. The van der Waals surface area contributed by atoms with Crippen LogP contribution in [-0.2, 0) is 0 Å². The summed E-state index contributed by atoms with van der Waals surface area (Å²) in [5, 5.41) is 26.3. The molecule has 2 atom stereocenters. The van der Waals surface area contributed by atoms with Gasteiger partial charge in [0, 0.05) is 12.5 Å². The number of rotatable bonds is 4. The first-order valence-corrected chi connectivity index (χ1v) is 3.53. The standard InChI is InChI=1S/C7H16O3/c1-5(2)6(3-8)7(10)4-9/h5-10H,3-4H2,1-2H3/t6-,7-/m0/s1. The van der Waals surface area contributed by atoms with Crippen molar-refractivity contribution in [2.45, 2.75) is 20.0 Å². The second-order valence-corrected chi connectivity index (χ2v) is 2.84. The molecule has 0 fully saturated rings. The Bertz CT molecular complexity index is 82.9. The number of hydrogen-bond acceptors (Lipinski definition) is 3. The van der Waals surface area contributed by atoms with Gasteiger partial charge in [0.2, 0.25) is 0 Å². The smallest absolute Gasteiger partial charge is 0.0823 e. The maximum Gasteiger partial charge on any atom is 0.0823 e. The van der Waals surface area contributed by atoms with Gasteiger partial charge in [-0.25, -0.2) is 0 Å². The second kappa shape index (κ2) is 4.66. The molecular weight excluding hydrogens is 132 g/mol. The molecule has 3 N–H and O–H groups in total. The van der Waals surface area contributed by atoms with Gasteiger partial charge in [-0.1, -0.05) is 13.8 Å². The maximum atomic E-state index is 9.08. The first kappa shape index (κ1) is 9.88. The van der Waals surface area contributed by atoms with Crippen LogP contribution in [0.3, 0.4) is 0 Å². The van der Waals surface area contributed by atoms with Crippen molar-refractivity contribution in [2.24, 2.45) is 11.8 Å². The van der Waals surface area contributed by atoms with Crippen LogP contribution in [0.15, 0.2) is 0 Å². The Kier molecular flexibility index (Phi) is 4.60. The van der Waals surface area contributed by atoms with E-state index < -0.39 is 6.10 Å². The van der Waals surface area contributed by atoms with Gasteiger partial charge >= 0.3 is 0 Å². The zero-order valence-electron chi connectivity index (χ0n) is 6.49. The highest BCUT2D eigenvalue weighted by atomic mass is 16.3. The normalized spacial score (nSPS) is 17.4. The third-order valence-electron chi connectivity index (χ3n) is 1.75. The largest absolute Gasteiger partial charge is 0.396 e. The highest BCUT2D eigenvalue weighted by Gasteiger charge is 2.20. The average Bonchev–Trinajstić information content (AvgIpc) is 1.88. The van der Waals surface area contributed by atoms with Crippen molar-refractivity contribution in [2.75, 3.05) is 13.2 Å². The summed E-state index contributed by atoms with van der Waals surface area (Å²) in [6, 6.07) is 0. The Morgan fingerprint density at radius 2 is 1.60 bits per heavy atom. The van der Waals surface area contributed by atoms with Gasteiger partial charge in [0.25, 0.3) is 0 Å². The van der Waals surface area contributed by atoms with Crippen molar-refractivity contribution in [3.05, 3.63) is 0 Å². The van der Waals surface area contributed by atoms with Gasteiger partial charge < -0.3 is 15.3 Å². The first-order valence-electron chi connectivity index (χ1n) is 3.53. The third-order valence-corrected chi connectivity index (χ3v) is 1.75. The van der Waals surface area contributed by atoms with Crippen LogP contribution >= 0.6 is 0 Å². The minimum atomic E-state index is -0.787. The van der Waals surface area contributed by atoms with Crippen LogP contribution in [0.2, 0.25) is 0 Å². The van der Waals surface area contributed by atoms with Crippen molar-refractivity contribution in [3.63, 3.8) is 0 Å². The molecule has 0 saturated heterocycles. The molecule has 0 bridgehead atoms. The van der Waals surface area contributed by atoms with Crippen LogP contribution in [0.4, 0.5) is 0 Å². The molecule has 0 aliphatic rings. The van der Waals surface area contributed by atoms with Gasteiger partial charge in [-0.15, -0.1) is 0 Å². The van der Waals surface area contributed by atoms with Crippen LogP contribution < -0.4 is 0 Å². The van der Waals surface area contributed by atoms with Crippen molar-refractivity contribution in [1.82, 2.24) is 0 Å². The van der Waals surface area contributed by atoms with E-state index in [9.17, 15) is 0 Å². The average molecular weight is 148 g/mol. The highest BCUT2D eigenvalue weighted by Crippen LogP contribution is 2.13. The van der Waals surface area contributed by atoms with E-state index in [1.54, 1.807) is 0 Å². The molecule has 0 aliphatic heterocycles. The van der Waals surface area contributed by atoms with Crippen LogP contribution in [-0.4, -0.2) is 34.6 Å². The quantitative estimate of drug-likeness (QED) is 0.508. The predicted molar refractivity (Wildman–Crippen MR) is 38.5 cm³/mol. The Hall–Kier alpha value is -0.120. The second-order valence-electron chi connectivity index (χ2n) is 2.84. The lowest BCUT2D eigenvalue weighted by Gasteiger charge is -2.22. The van der Waals surface area contributed by atoms with E-state index in [1.807, 2.05) is 13.8 Å². The molecule has 0 spiro atoms. The molecule has 0 unspecified atom stereocenters. The van der Waals surface area contributed by atoms with Crippen LogP contribution in [0, 0.1) is 11.8 Å². The molecule has 3 heteroatoms. The van der Waals surface area contributed by atoms with Gasteiger partial charge in [0.05, 0.1) is 12.7 Å². The minimum absolute atomic E-state index is 0.0700. The van der Waals surface area contributed by atoms with E-state index in [1.165, 1.54) is 0 Å². The van der Waals surface area contributed by atoms with Crippen LogP contribution in [0.1, 0.15) is 13.8 Å². The van der Waals surface area contributed by atoms with Crippen LogP contribution in [0.5, 0.6) is 0 Å². The Labute approximate surface area is 61.3 Å². The number of aliphatic hydroxyl groups excluding tert-OH is 3. The summed E-state index contributed by atoms with van der Waals surface area (Å²) in [6.07, 6.45) is -0.787. The lowest BCUT2D eigenvalue weighted by atomic mass is 9.91. The summed E-state index contributed by atoms with van der Waals surface area (Å²) < 4.78 is 0. The van der Waals surface area contributed by atoms with Gasteiger partial charge in [-0.2, -0.15) is 0 Å². The van der Waals surface area contributed by atoms with Crippen LogP contribution in [0.25, 0.3) is 0 Å². The summed E-state index contributed by atoms with van der Waals surface area (Å²) in [5.41, 5.74) is 0. The van der Waals surface area contributed by atoms with E-state index in [0.717, 1.165) is 0 Å². The summed E-state index contributed by atoms with van der Waals surface area (Å²) >= 11 is 0. The Morgan fingerprint density at radius 1 is 1.10 bits per heavy atom. The molecule has 62 valence electrons. The van der Waals surface area contributed by atoms with E-state index >= 15 is 0 Å². The SMILES string of the molecule is CC(C)[C@H](CO)[C@@H](O)CO. The molecule has 0 saturated carbocycles. The number of aliphatic hydroxyl groups is 3. The molecular formula is C7H16O3. The van der Waals surface area contributed by atoms with Gasteiger partial charge in [0.1, 0.15) is 0 Å². The van der Waals surface area contributed by atoms with E-state index in [0.29, 0.717) is 0 Å². The summed E-state index contributed by atoms with van der Waals surface area (Å²) in [7, 11) is 0. The lowest BCUT2D eigenvalue weighted by molar-refractivity contribution is 0.00345. The summed E-state index contributed by atoms with van der Waals surface area (Å²) in [4.78, 5) is 0. The van der Waals surface area contributed by atoms with Crippen molar-refractivity contribution < 1.29 is 15.3 Å². The van der Waals surface area contributed by atoms with Gasteiger partial charge in [-0.3, -0.25) is 0 Å². The predicted octanol–water partition coefficient (Wildman–Crippen LogP) is -0.396. The first-order chi connectivity index (χ1) is 4.63. The minimum Gasteiger partial charge on any atom is -0.396 e. The van der Waals surface area contributed by atoms with E-state index in [4.69, 9.17) is 15.3 Å². The Morgan fingerprint density at radius 3 is 1.70 bits per heavy atom. The van der Waals surface area contributed by atoms with Crippen molar-refractivity contribution in [3.8, 4) is 0 Å². The van der Waals surface area contributed by atoms with Gasteiger partial charge in [-0.05, 0) is 5.92 Å². The number of hydrogen-bond donors (Lipinski definition) is 3. The van der Waals surface area contributed by atoms with E-state index in [-0.39, 0.29) is 25.0 Å². The van der Waals surface area contributed by atoms with Crippen molar-refractivity contribution in [1.29, 1.82) is 0 Å². The molecule has 0 amide bonds. The van der Waals surface area contributed by atoms with Gasteiger partial charge in [0.15, 0.2) is 0 Å². The Balaban J connectivity index is 3.80. The fourth-order valence-electron chi connectivity index (χ4n) is 0.912. The molecule has 0 aromatic carbocycles. The molecule has 0 radical (unpaired) electrons. The molecule has 0 aromatic rings. The molecule has 0 rings (SSSR count). The fourth-order valence-corrected chi connectivity index (χ4v) is 0.912. The molecule has 0 heterocycles. The van der Waals surface area contributed by atoms with Crippen molar-refractivity contribution >= 4 is 0 Å². The molecule has 0 aromatic heterocycles. The fraction of sp³-hybridized carbons (Fsp3) is 1.00. The molecule has 3 nitrogen and oxygen atoms in total.